The Kier molecular flexibility index (Phi) is 4.60. The number of carbonyl (C=O) groups is 1. The number of para-hydroxylation sites is 1. The van der Waals surface area contributed by atoms with Gasteiger partial charge >= 0.3 is 0 Å². The second kappa shape index (κ2) is 7.22. The highest BCUT2D eigenvalue weighted by molar-refractivity contribution is 5.90. The van der Waals surface area contributed by atoms with Gasteiger partial charge in [0.25, 0.3) is 0 Å². The van der Waals surface area contributed by atoms with Gasteiger partial charge in [0, 0.05) is 17.3 Å². The molecule has 0 radical (unpaired) electrons. The first-order chi connectivity index (χ1) is 13.5. The molecule has 0 aliphatic carbocycles. The molecule has 0 fully saturated rings. The number of halogens is 1. The van der Waals surface area contributed by atoms with E-state index in [1.807, 2.05) is 13.0 Å². The maximum atomic E-state index is 13.9. The molecule has 28 heavy (non-hydrogen) atoms. The number of hydrogen-bond donors (Lipinski definition) is 2. The normalized spacial score (nSPS) is 12.2. The number of hydrogen-bond acceptors (Lipinski definition) is 5. The quantitative estimate of drug-likeness (QED) is 0.553. The van der Waals surface area contributed by atoms with E-state index in [4.69, 9.17) is 4.52 Å². The zero-order chi connectivity index (χ0) is 19.7. The van der Waals surface area contributed by atoms with Crippen molar-refractivity contribution in [3.8, 4) is 11.5 Å². The lowest BCUT2D eigenvalue weighted by atomic mass is 10.1. The number of amides is 1. The second-order valence-electron chi connectivity index (χ2n) is 6.53. The predicted molar refractivity (Wildman–Crippen MR) is 101 cm³/mol. The lowest BCUT2D eigenvalue weighted by Gasteiger charge is -2.10. The first-order valence-electron chi connectivity index (χ1n) is 8.83. The van der Waals surface area contributed by atoms with Crippen LogP contribution in [0.4, 0.5) is 4.39 Å². The molecule has 4 rings (SSSR count). The van der Waals surface area contributed by atoms with E-state index in [2.05, 4.69) is 25.4 Å². The van der Waals surface area contributed by atoms with Crippen molar-refractivity contribution in [1.82, 2.24) is 25.4 Å². The molecule has 3 heterocycles. The lowest BCUT2D eigenvalue weighted by molar-refractivity contribution is -0.121. The van der Waals surface area contributed by atoms with Gasteiger partial charge in [-0.3, -0.25) is 9.78 Å². The van der Waals surface area contributed by atoms with Gasteiger partial charge in [-0.2, -0.15) is 4.98 Å². The molecule has 7 nitrogen and oxygen atoms in total. The van der Waals surface area contributed by atoms with E-state index in [0.717, 1.165) is 11.3 Å². The van der Waals surface area contributed by atoms with Crippen molar-refractivity contribution in [2.45, 2.75) is 26.3 Å². The summed E-state index contributed by atoms with van der Waals surface area (Å²) in [6, 6.07) is 9.75. The van der Waals surface area contributed by atoms with Gasteiger partial charge in [0.2, 0.25) is 17.6 Å². The summed E-state index contributed by atoms with van der Waals surface area (Å²) in [6.45, 7) is 3.58. The summed E-state index contributed by atoms with van der Waals surface area (Å²) in [7, 11) is 0. The van der Waals surface area contributed by atoms with Crippen molar-refractivity contribution in [2.24, 2.45) is 0 Å². The van der Waals surface area contributed by atoms with E-state index in [1.165, 1.54) is 6.07 Å². The third-order valence-electron chi connectivity index (χ3n) is 4.52. The minimum atomic E-state index is -0.472. The highest BCUT2D eigenvalue weighted by atomic mass is 19.1. The maximum Gasteiger partial charge on any atom is 0.249 e. The van der Waals surface area contributed by atoms with Crippen LogP contribution >= 0.6 is 0 Å². The lowest BCUT2D eigenvalue weighted by Crippen LogP contribution is -2.28. The third kappa shape index (κ3) is 3.36. The highest BCUT2D eigenvalue weighted by Gasteiger charge is 2.20. The number of nitrogens with one attached hydrogen (secondary N) is 2. The van der Waals surface area contributed by atoms with Gasteiger partial charge in [-0.25, -0.2) is 4.39 Å². The number of aromatic nitrogens is 4. The number of pyridine rings is 1. The summed E-state index contributed by atoms with van der Waals surface area (Å²) in [4.78, 5) is 24.0. The minimum Gasteiger partial charge on any atom is -0.356 e. The van der Waals surface area contributed by atoms with Gasteiger partial charge in [-0.05, 0) is 37.6 Å². The smallest absolute Gasteiger partial charge is 0.249 e. The van der Waals surface area contributed by atoms with E-state index in [9.17, 15) is 9.18 Å². The summed E-state index contributed by atoms with van der Waals surface area (Å²) in [6.07, 6.45) is 1.75. The molecule has 1 aromatic carbocycles. The molecule has 1 unspecified atom stereocenters. The Morgan fingerprint density at radius 2 is 2.14 bits per heavy atom. The molecular weight excluding hydrogens is 361 g/mol. The number of nitrogens with zero attached hydrogens (tertiary/aromatic N) is 3. The maximum absolute atomic E-state index is 13.9. The van der Waals surface area contributed by atoms with Gasteiger partial charge in [-0.15, -0.1) is 0 Å². The van der Waals surface area contributed by atoms with E-state index in [-0.39, 0.29) is 24.0 Å². The molecule has 2 N–H and O–H groups in total. The molecule has 3 aromatic heterocycles. The molecule has 0 saturated heterocycles. The van der Waals surface area contributed by atoms with Crippen molar-refractivity contribution < 1.29 is 13.7 Å². The monoisotopic (exact) mass is 379 g/mol. The molecule has 4 aromatic rings. The SMILES string of the molecule is Cc1[nH]c2c(F)cccc2c1CC(=O)NC(C)c1nc(-c2ccccn2)no1. The van der Waals surface area contributed by atoms with E-state index in [1.54, 1.807) is 37.4 Å². The van der Waals surface area contributed by atoms with Crippen molar-refractivity contribution in [3.63, 3.8) is 0 Å². The molecule has 0 aliphatic rings. The summed E-state index contributed by atoms with van der Waals surface area (Å²) in [5, 5.41) is 7.46. The van der Waals surface area contributed by atoms with Crippen LogP contribution in [0.15, 0.2) is 47.1 Å². The van der Waals surface area contributed by atoms with Crippen LogP contribution in [0.1, 0.15) is 30.1 Å². The van der Waals surface area contributed by atoms with Crippen LogP contribution in [0.5, 0.6) is 0 Å². The first kappa shape index (κ1) is 17.8. The van der Waals surface area contributed by atoms with Crippen molar-refractivity contribution >= 4 is 16.8 Å². The van der Waals surface area contributed by atoms with Gasteiger partial charge in [0.1, 0.15) is 17.6 Å². The number of fused-ring (bicyclic) bond motifs is 1. The molecule has 142 valence electrons. The zero-order valence-electron chi connectivity index (χ0n) is 15.4. The number of aryl methyl sites for hydroxylation is 1. The summed E-state index contributed by atoms with van der Waals surface area (Å²) < 4.78 is 19.2. The molecule has 1 atom stereocenters. The number of benzene rings is 1. The van der Waals surface area contributed by atoms with Crippen LogP contribution in [0.2, 0.25) is 0 Å². The average Bonchev–Trinajstić information content (AvgIpc) is 3.30. The van der Waals surface area contributed by atoms with Crippen molar-refractivity contribution in [1.29, 1.82) is 0 Å². The van der Waals surface area contributed by atoms with E-state index in [0.29, 0.717) is 22.4 Å². The molecule has 0 aliphatic heterocycles. The van der Waals surface area contributed by atoms with Gasteiger partial charge in [0.05, 0.1) is 11.9 Å². The van der Waals surface area contributed by atoms with E-state index < -0.39 is 6.04 Å². The molecule has 1 amide bonds. The highest BCUT2D eigenvalue weighted by Crippen LogP contribution is 2.25. The Balaban J connectivity index is 1.48. The van der Waals surface area contributed by atoms with Crippen LogP contribution in [-0.2, 0) is 11.2 Å². The fourth-order valence-electron chi connectivity index (χ4n) is 3.12. The van der Waals surface area contributed by atoms with Crippen LogP contribution in [0.25, 0.3) is 22.4 Å². The summed E-state index contributed by atoms with van der Waals surface area (Å²) in [5.41, 5.74) is 2.53. The van der Waals surface area contributed by atoms with Crippen molar-refractivity contribution in [2.75, 3.05) is 0 Å². The Hall–Kier alpha value is -3.55. The second-order valence-corrected chi connectivity index (χ2v) is 6.53. The van der Waals surface area contributed by atoms with Crippen LogP contribution in [-0.4, -0.2) is 26.0 Å². The molecule has 0 bridgehead atoms. The van der Waals surface area contributed by atoms with Gasteiger partial charge < -0.3 is 14.8 Å². The standard InChI is InChI=1S/C20H18FN5O2/c1-11-14(13-6-5-7-15(21)18(13)24-11)10-17(27)23-12(2)20-25-19(26-28-20)16-8-3-4-9-22-16/h3-9,12,24H,10H2,1-2H3,(H,23,27). The van der Waals surface area contributed by atoms with Crippen LogP contribution < -0.4 is 5.32 Å². The number of rotatable bonds is 5. The Morgan fingerprint density at radius 3 is 2.93 bits per heavy atom. The molecule has 8 heteroatoms. The number of carbonyl (C=O) groups excluding carboxylic acids is 1. The van der Waals surface area contributed by atoms with E-state index >= 15 is 0 Å². The molecule has 0 spiro atoms. The molecule has 0 saturated carbocycles. The Morgan fingerprint density at radius 1 is 1.29 bits per heavy atom. The minimum absolute atomic E-state index is 0.112. The number of H-pyrrole nitrogens is 1. The van der Waals surface area contributed by atoms with Crippen LogP contribution in [0.3, 0.4) is 0 Å². The molecular formula is C20H18FN5O2. The largest absolute Gasteiger partial charge is 0.356 e. The predicted octanol–water partition coefficient (Wildman–Crippen LogP) is 3.48. The van der Waals surface area contributed by atoms with Gasteiger partial charge in [0.15, 0.2) is 0 Å². The van der Waals surface area contributed by atoms with Gasteiger partial charge in [-0.1, -0.05) is 23.4 Å². The average molecular weight is 379 g/mol. The fourth-order valence-corrected chi connectivity index (χ4v) is 3.12. The summed E-state index contributed by atoms with van der Waals surface area (Å²) in [5.74, 6) is 0.0854. The summed E-state index contributed by atoms with van der Waals surface area (Å²) >= 11 is 0. The topological polar surface area (TPSA) is 96.7 Å². The fraction of sp³-hybridized carbons (Fsp3) is 0.200. The third-order valence-corrected chi connectivity index (χ3v) is 4.52. The zero-order valence-corrected chi connectivity index (χ0v) is 15.4. The Labute approximate surface area is 160 Å². The van der Waals surface area contributed by atoms with Crippen LogP contribution in [0, 0.1) is 12.7 Å². The van der Waals surface area contributed by atoms with Crippen molar-refractivity contribution in [3.05, 3.63) is 65.6 Å². The Bertz CT molecular complexity index is 1140. The number of aromatic amines is 1. The first-order valence-corrected chi connectivity index (χ1v) is 8.83.